The largest absolute Gasteiger partial charge is 0.384 e. The van der Waals surface area contributed by atoms with Crippen molar-refractivity contribution in [2.45, 2.75) is 0 Å². The first kappa shape index (κ1) is 28.8. The Kier molecular flexibility index (Phi) is 7.65. The molecular weight excluding hydrogens is 581 g/mol. The monoisotopic (exact) mass is 611 g/mol. The van der Waals surface area contributed by atoms with Gasteiger partial charge in [-0.25, -0.2) is 9.37 Å². The molecule has 0 atom stereocenters. The summed E-state index contributed by atoms with van der Waals surface area (Å²) >= 11 is 0. The molecule has 11 heteroatoms. The van der Waals surface area contributed by atoms with Crippen LogP contribution in [0.25, 0.3) is 55.7 Å². The number of likely N-dealkylation sites (N-methyl/N-ethyl adjacent to an activating group) is 1. The van der Waals surface area contributed by atoms with E-state index in [1.807, 2.05) is 62.6 Å². The van der Waals surface area contributed by atoms with Gasteiger partial charge in [-0.05, 0) is 68.7 Å². The molecule has 0 radical (unpaired) electrons. The number of anilines is 2. The predicted octanol–water partition coefficient (Wildman–Crippen LogP) is 6.60. The van der Waals surface area contributed by atoms with E-state index < -0.39 is 0 Å². The third-order valence-corrected chi connectivity index (χ3v) is 7.64. The number of amides is 1. The number of rotatable bonds is 9. The van der Waals surface area contributed by atoms with Crippen molar-refractivity contribution in [2.24, 2.45) is 0 Å². The number of fused-ring (bicyclic) bond motifs is 2. The highest BCUT2D eigenvalue weighted by atomic mass is 19.1. The van der Waals surface area contributed by atoms with Crippen LogP contribution in [0.4, 0.5) is 15.8 Å². The minimum atomic E-state index is -0.338. The molecule has 1 amide bonds. The van der Waals surface area contributed by atoms with Gasteiger partial charge >= 0.3 is 0 Å². The molecular formula is C35H30FN9O. The molecule has 0 fully saturated rings. The minimum absolute atomic E-state index is 0.215. The van der Waals surface area contributed by atoms with Crippen LogP contribution in [-0.2, 0) is 0 Å². The molecule has 5 heterocycles. The Morgan fingerprint density at radius 2 is 1.67 bits per heavy atom. The third-order valence-electron chi connectivity index (χ3n) is 7.64. The summed E-state index contributed by atoms with van der Waals surface area (Å²) in [4.78, 5) is 31.8. The summed E-state index contributed by atoms with van der Waals surface area (Å²) in [5, 5.41) is 15.5. The summed E-state index contributed by atoms with van der Waals surface area (Å²) in [5.74, 6) is -0.553. The van der Waals surface area contributed by atoms with Crippen molar-refractivity contribution in [2.75, 3.05) is 37.8 Å². The van der Waals surface area contributed by atoms with Gasteiger partial charge < -0.3 is 20.5 Å². The Morgan fingerprint density at radius 1 is 0.848 bits per heavy atom. The number of aromatic amines is 2. The maximum absolute atomic E-state index is 14.7. The molecule has 5 aromatic heterocycles. The number of benzene rings is 2. The summed E-state index contributed by atoms with van der Waals surface area (Å²) in [5.41, 5.74) is 7.67. The lowest BCUT2D eigenvalue weighted by Crippen LogP contribution is -2.20. The standard InChI is InChI=1S/C35H30FN9O/c1-45(2)11-10-38-26-13-22(12-25(36)16-26)32-28-17-31(42-30(28)8-9-39-32)33-29-15-24(19-40-34(29)44-43-33)23-14-27(20-37-18-23)41-35(46)21-6-4-3-5-7-21/h3-9,12-20,38,42H,10-11H2,1-2H3,(H,41,46)(H,40,43,44). The second kappa shape index (κ2) is 12.2. The lowest BCUT2D eigenvalue weighted by Gasteiger charge is -2.12. The molecule has 0 unspecified atom stereocenters. The highest BCUT2D eigenvalue weighted by Crippen LogP contribution is 2.35. The maximum Gasteiger partial charge on any atom is 0.255 e. The minimum Gasteiger partial charge on any atom is -0.384 e. The zero-order chi connectivity index (χ0) is 31.6. The van der Waals surface area contributed by atoms with Crippen molar-refractivity contribution in [3.8, 4) is 33.8 Å². The van der Waals surface area contributed by atoms with Gasteiger partial charge in [0.15, 0.2) is 5.65 Å². The second-order valence-corrected chi connectivity index (χ2v) is 11.2. The number of H-pyrrole nitrogens is 2. The highest BCUT2D eigenvalue weighted by Gasteiger charge is 2.17. The third kappa shape index (κ3) is 5.91. The van der Waals surface area contributed by atoms with Gasteiger partial charge in [-0.2, -0.15) is 5.10 Å². The van der Waals surface area contributed by atoms with Gasteiger partial charge in [-0.1, -0.05) is 18.2 Å². The van der Waals surface area contributed by atoms with E-state index in [0.717, 1.165) is 39.7 Å². The molecule has 2 aromatic carbocycles. The van der Waals surface area contributed by atoms with E-state index in [-0.39, 0.29) is 11.7 Å². The average Bonchev–Trinajstić information content (AvgIpc) is 3.69. The topological polar surface area (TPSA) is 128 Å². The van der Waals surface area contributed by atoms with E-state index in [1.54, 1.807) is 36.9 Å². The average molecular weight is 612 g/mol. The van der Waals surface area contributed by atoms with E-state index in [9.17, 15) is 9.18 Å². The number of halogens is 1. The van der Waals surface area contributed by atoms with Crippen LogP contribution >= 0.6 is 0 Å². The van der Waals surface area contributed by atoms with Crippen molar-refractivity contribution >= 4 is 39.2 Å². The van der Waals surface area contributed by atoms with Crippen LogP contribution in [0.15, 0.2) is 97.6 Å². The van der Waals surface area contributed by atoms with E-state index in [4.69, 9.17) is 0 Å². The fourth-order valence-corrected chi connectivity index (χ4v) is 5.39. The zero-order valence-electron chi connectivity index (χ0n) is 25.2. The normalized spacial score (nSPS) is 11.4. The number of nitrogens with zero attached hydrogens (tertiary/aromatic N) is 5. The van der Waals surface area contributed by atoms with Gasteiger partial charge in [-0.3, -0.25) is 19.9 Å². The van der Waals surface area contributed by atoms with Crippen molar-refractivity contribution in [3.05, 3.63) is 109 Å². The lowest BCUT2D eigenvalue weighted by atomic mass is 10.1. The first-order valence-electron chi connectivity index (χ1n) is 14.7. The van der Waals surface area contributed by atoms with Gasteiger partial charge in [0.1, 0.15) is 11.5 Å². The number of nitrogens with one attached hydrogen (secondary N) is 4. The Balaban J connectivity index is 1.21. The molecule has 0 aliphatic rings. The predicted molar refractivity (Wildman–Crippen MR) is 179 cm³/mol. The summed E-state index contributed by atoms with van der Waals surface area (Å²) in [6.07, 6.45) is 6.79. The number of carbonyl (C=O) groups is 1. The molecule has 0 aliphatic carbocycles. The highest BCUT2D eigenvalue weighted by molar-refractivity contribution is 6.04. The summed E-state index contributed by atoms with van der Waals surface area (Å²) in [7, 11) is 3.99. The molecule has 0 saturated carbocycles. The Hall–Kier alpha value is -5.94. The smallest absolute Gasteiger partial charge is 0.255 e. The Labute approximate surface area is 263 Å². The Morgan fingerprint density at radius 3 is 2.52 bits per heavy atom. The SMILES string of the molecule is CN(C)CCNc1cc(F)cc(-c2nccc3[nH]c(-c4n[nH]c5ncc(-c6cncc(NC(=O)c7ccccc7)c6)cc45)cc23)c1. The fraction of sp³-hybridized carbons (Fsp3) is 0.114. The molecule has 0 bridgehead atoms. The van der Waals surface area contributed by atoms with Crippen molar-refractivity contribution in [1.82, 2.24) is 35.0 Å². The van der Waals surface area contributed by atoms with Crippen LogP contribution in [0.1, 0.15) is 10.4 Å². The van der Waals surface area contributed by atoms with Crippen molar-refractivity contribution in [3.63, 3.8) is 0 Å². The van der Waals surface area contributed by atoms with Crippen LogP contribution in [0.2, 0.25) is 0 Å². The Bertz CT molecular complexity index is 2190. The molecule has 7 rings (SSSR count). The molecule has 7 aromatic rings. The number of aromatic nitrogens is 6. The number of carbonyl (C=O) groups excluding carboxylic acids is 1. The van der Waals surface area contributed by atoms with E-state index >= 15 is 0 Å². The van der Waals surface area contributed by atoms with Gasteiger partial charge in [-0.15, -0.1) is 0 Å². The number of hydrogen-bond donors (Lipinski definition) is 4. The lowest BCUT2D eigenvalue weighted by molar-refractivity contribution is 0.102. The van der Waals surface area contributed by atoms with Crippen LogP contribution in [-0.4, -0.2) is 68.1 Å². The summed E-state index contributed by atoms with van der Waals surface area (Å²) in [6.45, 7) is 1.51. The van der Waals surface area contributed by atoms with Gasteiger partial charge in [0.25, 0.3) is 5.91 Å². The maximum atomic E-state index is 14.7. The number of hydrogen-bond acceptors (Lipinski definition) is 7. The first-order chi connectivity index (χ1) is 22.4. The van der Waals surface area contributed by atoms with Crippen molar-refractivity contribution < 1.29 is 9.18 Å². The zero-order valence-corrected chi connectivity index (χ0v) is 25.2. The quantitative estimate of drug-likeness (QED) is 0.145. The van der Waals surface area contributed by atoms with Gasteiger partial charge in [0.05, 0.1) is 23.3 Å². The second-order valence-electron chi connectivity index (χ2n) is 11.2. The molecule has 0 aliphatic heterocycles. The van der Waals surface area contributed by atoms with Gasteiger partial charge in [0.2, 0.25) is 0 Å². The molecule has 0 saturated heterocycles. The summed E-state index contributed by atoms with van der Waals surface area (Å²) in [6, 6.07) is 21.6. The van der Waals surface area contributed by atoms with Crippen LogP contribution < -0.4 is 10.6 Å². The molecule has 46 heavy (non-hydrogen) atoms. The molecule has 0 spiro atoms. The van der Waals surface area contributed by atoms with E-state index in [1.165, 1.54) is 12.1 Å². The van der Waals surface area contributed by atoms with Gasteiger partial charge in [0, 0.05) is 75.9 Å². The van der Waals surface area contributed by atoms with Crippen LogP contribution in [0.3, 0.4) is 0 Å². The summed E-state index contributed by atoms with van der Waals surface area (Å²) < 4.78 is 14.7. The molecule has 228 valence electrons. The van der Waals surface area contributed by atoms with E-state index in [0.29, 0.717) is 46.1 Å². The van der Waals surface area contributed by atoms with Crippen molar-refractivity contribution in [1.29, 1.82) is 0 Å². The first-order valence-corrected chi connectivity index (χ1v) is 14.7. The van der Waals surface area contributed by atoms with Crippen LogP contribution in [0, 0.1) is 5.82 Å². The van der Waals surface area contributed by atoms with Crippen LogP contribution in [0.5, 0.6) is 0 Å². The number of pyridine rings is 3. The fourth-order valence-electron chi connectivity index (χ4n) is 5.39. The van der Waals surface area contributed by atoms with E-state index in [2.05, 4.69) is 45.7 Å². The molecule has 4 N–H and O–H groups in total. The molecule has 10 nitrogen and oxygen atoms in total.